The fourth-order valence-corrected chi connectivity index (χ4v) is 4.53. The summed E-state index contributed by atoms with van der Waals surface area (Å²) < 4.78 is 11.9. The van der Waals surface area contributed by atoms with Gasteiger partial charge in [0.15, 0.2) is 11.5 Å². The van der Waals surface area contributed by atoms with Gasteiger partial charge >= 0.3 is 5.97 Å². The quantitative estimate of drug-likeness (QED) is 0.301. The van der Waals surface area contributed by atoms with Crippen molar-refractivity contribution in [2.75, 3.05) is 12.4 Å². The van der Waals surface area contributed by atoms with E-state index in [1.165, 1.54) is 21.7 Å². The second-order valence-electron chi connectivity index (χ2n) is 6.71. The summed E-state index contributed by atoms with van der Waals surface area (Å²) in [6.45, 7) is 1.39. The summed E-state index contributed by atoms with van der Waals surface area (Å²) in [5.74, 6) is 1.57. The number of allylic oxidation sites excluding steroid dienone is 2. The molecule has 1 aliphatic carbocycles. The van der Waals surface area contributed by atoms with Crippen LogP contribution in [0.25, 0.3) is 0 Å². The van der Waals surface area contributed by atoms with E-state index in [4.69, 9.17) is 9.47 Å². The molecule has 0 radical (unpaired) electrons. The van der Waals surface area contributed by atoms with Crippen LogP contribution in [0.15, 0.2) is 48.6 Å². The van der Waals surface area contributed by atoms with Crippen molar-refractivity contribution in [3.8, 4) is 11.5 Å². The van der Waals surface area contributed by atoms with E-state index >= 15 is 0 Å². The molecule has 2 aromatic carbocycles. The Balaban J connectivity index is 1.72. The summed E-state index contributed by atoms with van der Waals surface area (Å²) in [5.41, 5.74) is 3.70. The van der Waals surface area contributed by atoms with Crippen molar-refractivity contribution in [2.45, 2.75) is 25.3 Å². The molecule has 0 fully saturated rings. The first-order valence-corrected chi connectivity index (χ1v) is 9.73. The Morgan fingerprint density at radius 1 is 1.19 bits per heavy atom. The summed E-state index contributed by atoms with van der Waals surface area (Å²) in [4.78, 5) is 11.3. The first-order valence-electron chi connectivity index (χ1n) is 8.66. The SMILES string of the molecule is COc1cc(C2Nc3ccc(I)cc3C3C=CCC32)ccc1OC(C)=O. The molecule has 0 saturated carbocycles. The zero-order chi connectivity index (χ0) is 18.3. The number of carbonyl (C=O) groups is 1. The van der Waals surface area contributed by atoms with E-state index in [-0.39, 0.29) is 12.0 Å². The minimum Gasteiger partial charge on any atom is -0.493 e. The van der Waals surface area contributed by atoms with E-state index < -0.39 is 0 Å². The number of fused-ring (bicyclic) bond motifs is 3. The zero-order valence-electron chi connectivity index (χ0n) is 14.7. The average molecular weight is 461 g/mol. The highest BCUT2D eigenvalue weighted by Crippen LogP contribution is 2.50. The van der Waals surface area contributed by atoms with Gasteiger partial charge in [-0.2, -0.15) is 0 Å². The van der Waals surface area contributed by atoms with Crippen molar-refractivity contribution in [1.29, 1.82) is 0 Å². The number of benzene rings is 2. The van der Waals surface area contributed by atoms with Crippen LogP contribution in [-0.2, 0) is 4.79 Å². The maximum absolute atomic E-state index is 11.3. The van der Waals surface area contributed by atoms with E-state index in [1.54, 1.807) is 7.11 Å². The van der Waals surface area contributed by atoms with Gasteiger partial charge in [0, 0.05) is 22.1 Å². The van der Waals surface area contributed by atoms with Crippen LogP contribution in [0.3, 0.4) is 0 Å². The highest BCUT2D eigenvalue weighted by atomic mass is 127. The molecule has 0 saturated heterocycles. The molecule has 26 heavy (non-hydrogen) atoms. The number of carbonyl (C=O) groups excluding carboxylic acids is 1. The lowest BCUT2D eigenvalue weighted by Gasteiger charge is -2.37. The van der Waals surface area contributed by atoms with Crippen molar-refractivity contribution in [2.24, 2.45) is 5.92 Å². The molecule has 1 aliphatic heterocycles. The molecule has 2 aromatic rings. The first kappa shape index (κ1) is 17.4. The molecule has 0 amide bonds. The molecule has 134 valence electrons. The van der Waals surface area contributed by atoms with Gasteiger partial charge in [-0.25, -0.2) is 0 Å². The maximum Gasteiger partial charge on any atom is 0.308 e. The van der Waals surface area contributed by atoms with Crippen molar-refractivity contribution in [1.82, 2.24) is 0 Å². The normalized spacial score (nSPS) is 23.0. The number of hydrogen-bond donors (Lipinski definition) is 1. The second kappa shape index (κ2) is 6.95. The van der Waals surface area contributed by atoms with Crippen molar-refractivity contribution >= 4 is 34.2 Å². The van der Waals surface area contributed by atoms with Gasteiger partial charge in [0.2, 0.25) is 0 Å². The molecule has 3 atom stereocenters. The molecule has 2 aliphatic rings. The number of methoxy groups -OCH3 is 1. The van der Waals surface area contributed by atoms with Crippen LogP contribution in [0.5, 0.6) is 11.5 Å². The Kier molecular flexibility index (Phi) is 4.65. The molecule has 3 unspecified atom stereocenters. The third-order valence-electron chi connectivity index (χ3n) is 5.13. The van der Waals surface area contributed by atoms with Gasteiger partial charge in [-0.3, -0.25) is 4.79 Å². The molecule has 1 heterocycles. The van der Waals surface area contributed by atoms with Crippen LogP contribution < -0.4 is 14.8 Å². The Morgan fingerprint density at radius 2 is 2.04 bits per heavy atom. The van der Waals surface area contributed by atoms with E-state index in [0.29, 0.717) is 23.3 Å². The van der Waals surface area contributed by atoms with Gasteiger partial charge < -0.3 is 14.8 Å². The van der Waals surface area contributed by atoms with Crippen molar-refractivity contribution in [3.63, 3.8) is 0 Å². The average Bonchev–Trinajstić information content (AvgIpc) is 3.11. The molecule has 4 nitrogen and oxygen atoms in total. The Bertz CT molecular complexity index is 893. The minimum atomic E-state index is -0.351. The van der Waals surface area contributed by atoms with E-state index in [9.17, 15) is 4.79 Å². The molecular weight excluding hydrogens is 441 g/mol. The molecule has 0 aromatic heterocycles. The summed E-state index contributed by atoms with van der Waals surface area (Å²) in [5, 5.41) is 3.72. The van der Waals surface area contributed by atoms with Crippen molar-refractivity contribution < 1.29 is 14.3 Å². The van der Waals surface area contributed by atoms with Gasteiger partial charge in [0.05, 0.1) is 13.2 Å². The standard InChI is InChI=1S/C21H20INO3/c1-12(24)26-19-9-6-13(10-20(19)25-2)21-16-5-3-4-15(16)17-11-14(22)7-8-18(17)23-21/h3-4,6-11,15-16,21,23H,5H2,1-2H3. The van der Waals surface area contributed by atoms with Gasteiger partial charge in [0.1, 0.15) is 0 Å². The molecule has 0 bridgehead atoms. The number of hydrogen-bond acceptors (Lipinski definition) is 4. The maximum atomic E-state index is 11.3. The van der Waals surface area contributed by atoms with E-state index in [2.05, 4.69) is 58.3 Å². The summed E-state index contributed by atoms with van der Waals surface area (Å²) in [7, 11) is 1.59. The first-order chi connectivity index (χ1) is 12.6. The number of halogens is 1. The van der Waals surface area contributed by atoms with Crippen molar-refractivity contribution in [3.05, 3.63) is 63.2 Å². The van der Waals surface area contributed by atoms with Gasteiger partial charge in [-0.1, -0.05) is 18.2 Å². The Labute approximate surface area is 166 Å². The van der Waals surface area contributed by atoms with Crippen LogP contribution in [0.4, 0.5) is 5.69 Å². The van der Waals surface area contributed by atoms with Gasteiger partial charge in [-0.15, -0.1) is 0 Å². The predicted molar refractivity (Wildman–Crippen MR) is 110 cm³/mol. The van der Waals surface area contributed by atoms with Crippen LogP contribution in [0.1, 0.15) is 36.4 Å². The third-order valence-corrected chi connectivity index (χ3v) is 5.80. The minimum absolute atomic E-state index is 0.183. The second-order valence-corrected chi connectivity index (χ2v) is 7.96. The number of nitrogens with one attached hydrogen (secondary N) is 1. The Hall–Kier alpha value is -2.02. The van der Waals surface area contributed by atoms with E-state index in [1.807, 2.05) is 18.2 Å². The molecule has 4 rings (SSSR count). The lowest BCUT2D eigenvalue weighted by molar-refractivity contribution is -0.132. The monoisotopic (exact) mass is 461 g/mol. The highest BCUT2D eigenvalue weighted by molar-refractivity contribution is 14.1. The number of rotatable bonds is 3. The predicted octanol–water partition coefficient (Wildman–Crippen LogP) is 5.05. The summed E-state index contributed by atoms with van der Waals surface area (Å²) in [6.07, 6.45) is 5.66. The third kappa shape index (κ3) is 3.09. The fourth-order valence-electron chi connectivity index (χ4n) is 4.01. The van der Waals surface area contributed by atoms with Gasteiger partial charge in [-0.05, 0) is 76.4 Å². The van der Waals surface area contributed by atoms with Crippen LogP contribution in [0, 0.1) is 9.49 Å². The summed E-state index contributed by atoms with van der Waals surface area (Å²) in [6, 6.07) is 12.6. The molecule has 0 spiro atoms. The van der Waals surface area contributed by atoms with Crippen LogP contribution >= 0.6 is 22.6 Å². The van der Waals surface area contributed by atoms with Crippen LogP contribution in [-0.4, -0.2) is 13.1 Å². The number of anilines is 1. The largest absolute Gasteiger partial charge is 0.493 e. The molecule has 5 heteroatoms. The molecular formula is C21H20INO3. The Morgan fingerprint density at radius 3 is 2.81 bits per heavy atom. The van der Waals surface area contributed by atoms with Gasteiger partial charge in [0.25, 0.3) is 0 Å². The highest BCUT2D eigenvalue weighted by Gasteiger charge is 2.38. The van der Waals surface area contributed by atoms with Crippen LogP contribution in [0.2, 0.25) is 0 Å². The smallest absolute Gasteiger partial charge is 0.308 e. The fraction of sp³-hybridized carbons (Fsp3) is 0.286. The number of ether oxygens (including phenoxy) is 2. The van der Waals surface area contributed by atoms with E-state index in [0.717, 1.165) is 12.0 Å². The molecule has 1 N–H and O–H groups in total. The zero-order valence-corrected chi connectivity index (χ0v) is 16.8. The number of esters is 1. The summed E-state index contributed by atoms with van der Waals surface area (Å²) >= 11 is 2.37. The topological polar surface area (TPSA) is 47.6 Å². The lowest BCUT2D eigenvalue weighted by atomic mass is 9.77. The lowest BCUT2D eigenvalue weighted by Crippen LogP contribution is -2.29.